The van der Waals surface area contributed by atoms with E-state index in [1.54, 1.807) is 0 Å². The smallest absolute Gasteiger partial charge is 0.243 e. The predicted molar refractivity (Wildman–Crippen MR) is 122 cm³/mol. The summed E-state index contributed by atoms with van der Waals surface area (Å²) in [6.45, 7) is 5.92. The summed E-state index contributed by atoms with van der Waals surface area (Å²) in [4.78, 5) is 15.0. The molecule has 32 heavy (non-hydrogen) atoms. The molecule has 2 atom stereocenters. The van der Waals surface area contributed by atoms with Gasteiger partial charge in [0.15, 0.2) is 11.6 Å². The van der Waals surface area contributed by atoms with E-state index in [1.807, 2.05) is 24.3 Å². The van der Waals surface area contributed by atoms with E-state index in [9.17, 15) is 22.0 Å². The molecule has 0 saturated carbocycles. The summed E-state index contributed by atoms with van der Waals surface area (Å²) in [5.74, 6) is -2.17. The molecule has 9 heteroatoms. The number of rotatable bonds is 7. The van der Waals surface area contributed by atoms with Crippen molar-refractivity contribution < 1.29 is 22.0 Å². The molecule has 174 valence electrons. The highest BCUT2D eigenvalue weighted by Crippen LogP contribution is 2.24. The maximum atomic E-state index is 13.6. The van der Waals surface area contributed by atoms with Crippen LogP contribution < -0.4 is 14.5 Å². The van der Waals surface area contributed by atoms with Crippen molar-refractivity contribution in [1.82, 2.24) is 5.32 Å². The molecule has 0 bridgehead atoms. The number of hydrogen-bond donors (Lipinski definition) is 1. The van der Waals surface area contributed by atoms with E-state index in [1.165, 1.54) is 19.8 Å². The van der Waals surface area contributed by atoms with Crippen LogP contribution in [0.1, 0.15) is 32.3 Å². The van der Waals surface area contributed by atoms with Crippen molar-refractivity contribution in [2.45, 2.75) is 39.3 Å². The molecule has 1 aliphatic heterocycles. The number of carbonyl (C=O) groups excluding carboxylic acids is 1. The number of piperidine rings is 1. The Bertz CT molecular complexity index is 1060. The number of nitrogens with zero attached hydrogens (tertiary/aromatic N) is 2. The Labute approximate surface area is 188 Å². The van der Waals surface area contributed by atoms with Gasteiger partial charge in [-0.3, -0.25) is 9.10 Å². The van der Waals surface area contributed by atoms with Gasteiger partial charge >= 0.3 is 0 Å². The van der Waals surface area contributed by atoms with Gasteiger partial charge in [0.2, 0.25) is 15.9 Å². The van der Waals surface area contributed by atoms with Crippen LogP contribution in [0.3, 0.4) is 0 Å². The van der Waals surface area contributed by atoms with Crippen molar-refractivity contribution in [3.8, 4) is 0 Å². The molecule has 1 amide bonds. The molecular formula is C23H29F2N3O3S. The van der Waals surface area contributed by atoms with Crippen molar-refractivity contribution in [2.75, 3.05) is 28.6 Å². The van der Waals surface area contributed by atoms with Crippen LogP contribution in [0.5, 0.6) is 0 Å². The van der Waals surface area contributed by atoms with E-state index in [2.05, 4.69) is 17.1 Å². The van der Waals surface area contributed by atoms with Crippen molar-refractivity contribution in [2.24, 2.45) is 5.92 Å². The molecule has 6 nitrogen and oxygen atoms in total. The molecule has 2 aromatic rings. The second-order valence-corrected chi connectivity index (χ2v) is 10.3. The summed E-state index contributed by atoms with van der Waals surface area (Å²) in [7, 11) is -3.92. The fraction of sp³-hybridized carbons (Fsp3) is 0.435. The topological polar surface area (TPSA) is 69.7 Å². The third-order valence-electron chi connectivity index (χ3n) is 5.67. The van der Waals surface area contributed by atoms with Gasteiger partial charge in [0.1, 0.15) is 6.04 Å². The Hall–Kier alpha value is -2.68. The third kappa shape index (κ3) is 5.76. The van der Waals surface area contributed by atoms with Crippen LogP contribution in [0.2, 0.25) is 0 Å². The van der Waals surface area contributed by atoms with E-state index < -0.39 is 33.6 Å². The number of anilines is 2. The molecule has 2 aromatic carbocycles. The summed E-state index contributed by atoms with van der Waals surface area (Å²) >= 11 is 0. The predicted octanol–water partition coefficient (Wildman–Crippen LogP) is 3.67. The average Bonchev–Trinajstić information content (AvgIpc) is 2.74. The molecule has 1 saturated heterocycles. The SMILES string of the molecule is CC1CCCN(c2ccc(CNC(=O)C(C)N(c3ccc(F)c(F)c3)S(C)(=O)=O)cc2)C1. The van der Waals surface area contributed by atoms with Gasteiger partial charge in [-0.25, -0.2) is 17.2 Å². The fourth-order valence-corrected chi connectivity index (χ4v) is 5.18. The second-order valence-electron chi connectivity index (χ2n) is 8.41. The molecule has 1 heterocycles. The molecule has 0 spiro atoms. The van der Waals surface area contributed by atoms with Crippen LogP contribution in [0, 0.1) is 17.6 Å². The zero-order valence-corrected chi connectivity index (χ0v) is 19.3. The van der Waals surface area contributed by atoms with Crippen molar-refractivity contribution in [3.63, 3.8) is 0 Å². The summed E-state index contributed by atoms with van der Waals surface area (Å²) < 4.78 is 52.3. The minimum absolute atomic E-state index is 0.117. The first-order chi connectivity index (χ1) is 15.1. The highest BCUT2D eigenvalue weighted by atomic mass is 32.2. The number of sulfonamides is 1. The molecule has 3 rings (SSSR count). The summed E-state index contributed by atoms with van der Waals surface area (Å²) in [6, 6.07) is 9.48. The van der Waals surface area contributed by atoms with Gasteiger partial charge in [0.25, 0.3) is 0 Å². The Morgan fingerprint density at radius 3 is 2.47 bits per heavy atom. The van der Waals surface area contributed by atoms with Crippen molar-refractivity contribution in [1.29, 1.82) is 0 Å². The van der Waals surface area contributed by atoms with Crippen LogP contribution in [0.4, 0.5) is 20.2 Å². The molecule has 1 N–H and O–H groups in total. The Morgan fingerprint density at radius 2 is 1.88 bits per heavy atom. The van der Waals surface area contributed by atoms with E-state index in [-0.39, 0.29) is 12.2 Å². The molecule has 0 radical (unpaired) electrons. The minimum Gasteiger partial charge on any atom is -0.371 e. The number of amides is 1. The van der Waals surface area contributed by atoms with Gasteiger partial charge in [-0.1, -0.05) is 19.1 Å². The van der Waals surface area contributed by atoms with E-state index in [0.717, 1.165) is 53.1 Å². The highest BCUT2D eigenvalue weighted by Gasteiger charge is 2.29. The molecule has 1 aliphatic rings. The zero-order chi connectivity index (χ0) is 23.5. The van der Waals surface area contributed by atoms with Crippen molar-refractivity contribution >= 4 is 27.3 Å². The van der Waals surface area contributed by atoms with Gasteiger partial charge in [-0.05, 0) is 55.5 Å². The second kappa shape index (κ2) is 9.85. The fourth-order valence-electron chi connectivity index (χ4n) is 4.02. The molecule has 1 fully saturated rings. The van der Waals surface area contributed by atoms with Gasteiger partial charge < -0.3 is 10.2 Å². The van der Waals surface area contributed by atoms with Gasteiger partial charge in [0, 0.05) is 31.4 Å². The normalized spacial score (nSPS) is 17.7. The lowest BCUT2D eigenvalue weighted by Crippen LogP contribution is -2.47. The minimum atomic E-state index is -3.92. The first kappa shape index (κ1) is 24.0. The molecule has 0 aliphatic carbocycles. The van der Waals surface area contributed by atoms with E-state index in [0.29, 0.717) is 5.92 Å². The quantitative estimate of drug-likeness (QED) is 0.678. The maximum Gasteiger partial charge on any atom is 0.243 e. The van der Waals surface area contributed by atoms with Crippen LogP contribution >= 0.6 is 0 Å². The van der Waals surface area contributed by atoms with Gasteiger partial charge in [-0.2, -0.15) is 0 Å². The number of nitrogens with one attached hydrogen (secondary N) is 1. The first-order valence-electron chi connectivity index (χ1n) is 10.6. The van der Waals surface area contributed by atoms with Crippen LogP contribution in [-0.2, 0) is 21.4 Å². The van der Waals surface area contributed by atoms with Gasteiger partial charge in [0.05, 0.1) is 11.9 Å². The van der Waals surface area contributed by atoms with Gasteiger partial charge in [-0.15, -0.1) is 0 Å². The Balaban J connectivity index is 1.66. The molecule has 2 unspecified atom stereocenters. The summed E-state index contributed by atoms with van der Waals surface area (Å²) in [6.07, 6.45) is 3.33. The van der Waals surface area contributed by atoms with E-state index in [4.69, 9.17) is 0 Å². The number of halogens is 2. The Morgan fingerprint density at radius 1 is 1.19 bits per heavy atom. The van der Waals surface area contributed by atoms with E-state index >= 15 is 0 Å². The molecular weight excluding hydrogens is 436 g/mol. The number of benzene rings is 2. The van der Waals surface area contributed by atoms with Crippen molar-refractivity contribution in [3.05, 3.63) is 59.7 Å². The zero-order valence-electron chi connectivity index (χ0n) is 18.5. The average molecular weight is 466 g/mol. The highest BCUT2D eigenvalue weighted by molar-refractivity contribution is 7.92. The lowest BCUT2D eigenvalue weighted by Gasteiger charge is -2.32. The van der Waals surface area contributed by atoms with Crippen LogP contribution in [-0.4, -0.2) is 39.7 Å². The first-order valence-corrected chi connectivity index (χ1v) is 12.5. The third-order valence-corrected chi connectivity index (χ3v) is 6.91. The maximum absolute atomic E-state index is 13.6. The largest absolute Gasteiger partial charge is 0.371 e. The van der Waals surface area contributed by atoms with Crippen LogP contribution in [0.25, 0.3) is 0 Å². The number of carbonyl (C=O) groups is 1. The Kier molecular flexibility index (Phi) is 7.38. The standard InChI is InChI=1S/C23H29F2N3O3S/c1-16-5-4-12-27(15-16)19-8-6-18(7-9-19)14-26-23(29)17(2)28(32(3,30)31)20-10-11-21(24)22(25)13-20/h6-11,13,16-17H,4-5,12,14-15H2,1-3H3,(H,26,29). The lowest BCUT2D eigenvalue weighted by molar-refractivity contribution is -0.122. The molecule has 0 aromatic heterocycles. The monoisotopic (exact) mass is 465 g/mol. The lowest BCUT2D eigenvalue weighted by atomic mass is 9.99. The number of hydrogen-bond acceptors (Lipinski definition) is 4. The summed E-state index contributed by atoms with van der Waals surface area (Å²) in [5, 5.41) is 2.73. The summed E-state index contributed by atoms with van der Waals surface area (Å²) in [5.41, 5.74) is 1.90. The van der Waals surface area contributed by atoms with Crippen LogP contribution in [0.15, 0.2) is 42.5 Å².